The molecule has 2 N–H and O–H groups in total. The van der Waals surface area contributed by atoms with E-state index < -0.39 is 0 Å². The van der Waals surface area contributed by atoms with Crippen molar-refractivity contribution in [3.05, 3.63) is 51.6 Å². The standard InChI is InChI=1S/C15H12BrClN4O/c16-12-1-8(17)2-13-11(12)4-14(20-13)15(22)19-9-3-10-5-18-7-21(10)6-9/h1-2,4-5,7,9,20H,3,6H2,(H,19,22). The third-order valence-corrected chi connectivity index (χ3v) is 4.78. The number of rotatable bonds is 2. The van der Waals surface area contributed by atoms with E-state index in [4.69, 9.17) is 11.6 Å². The average molecular weight is 380 g/mol. The lowest BCUT2D eigenvalue weighted by atomic mass is 10.2. The summed E-state index contributed by atoms with van der Waals surface area (Å²) in [6, 6.07) is 5.56. The fourth-order valence-electron chi connectivity index (χ4n) is 2.88. The maximum atomic E-state index is 12.4. The molecule has 0 saturated carbocycles. The van der Waals surface area contributed by atoms with Gasteiger partial charge < -0.3 is 14.9 Å². The number of nitrogens with zero attached hydrogens (tertiary/aromatic N) is 2. The number of nitrogens with one attached hydrogen (secondary N) is 2. The van der Waals surface area contributed by atoms with Gasteiger partial charge in [0.15, 0.2) is 0 Å². The Morgan fingerprint density at radius 3 is 3.14 bits per heavy atom. The minimum Gasteiger partial charge on any atom is -0.350 e. The molecule has 22 heavy (non-hydrogen) atoms. The normalized spacial score (nSPS) is 16.9. The Morgan fingerprint density at radius 1 is 1.45 bits per heavy atom. The molecule has 0 spiro atoms. The number of carbonyl (C=O) groups excluding carboxylic acids is 1. The van der Waals surface area contributed by atoms with Crippen LogP contribution in [0.1, 0.15) is 16.2 Å². The first-order valence-electron chi connectivity index (χ1n) is 6.88. The zero-order valence-corrected chi connectivity index (χ0v) is 13.8. The lowest BCUT2D eigenvalue weighted by Crippen LogP contribution is -2.36. The Bertz CT molecular complexity index is 864. The molecule has 3 heterocycles. The van der Waals surface area contributed by atoms with E-state index in [9.17, 15) is 4.79 Å². The predicted octanol–water partition coefficient (Wildman–Crippen LogP) is 3.14. The fourth-order valence-corrected chi connectivity index (χ4v) is 3.80. The van der Waals surface area contributed by atoms with E-state index in [1.165, 1.54) is 0 Å². The van der Waals surface area contributed by atoms with Gasteiger partial charge in [0.05, 0.1) is 12.4 Å². The van der Waals surface area contributed by atoms with Crippen LogP contribution in [0, 0.1) is 0 Å². The van der Waals surface area contributed by atoms with Crippen molar-refractivity contribution < 1.29 is 4.79 Å². The molecule has 112 valence electrons. The molecule has 3 aromatic rings. The van der Waals surface area contributed by atoms with Gasteiger partial charge in [0, 0.05) is 45.3 Å². The summed E-state index contributed by atoms with van der Waals surface area (Å²) in [6.45, 7) is 0.761. The molecule has 4 rings (SSSR count). The lowest BCUT2D eigenvalue weighted by molar-refractivity contribution is 0.0932. The van der Waals surface area contributed by atoms with E-state index in [0.717, 1.165) is 34.0 Å². The molecular formula is C15H12BrClN4O. The van der Waals surface area contributed by atoms with Gasteiger partial charge in [0.1, 0.15) is 5.69 Å². The van der Waals surface area contributed by atoms with Crippen LogP contribution in [0.4, 0.5) is 0 Å². The second-order valence-corrected chi connectivity index (χ2v) is 6.73. The van der Waals surface area contributed by atoms with Crippen molar-refractivity contribution in [1.29, 1.82) is 0 Å². The monoisotopic (exact) mass is 378 g/mol. The van der Waals surface area contributed by atoms with Crippen LogP contribution in [-0.4, -0.2) is 26.5 Å². The van der Waals surface area contributed by atoms with Crippen molar-refractivity contribution in [2.75, 3.05) is 0 Å². The molecule has 1 aliphatic heterocycles. The molecule has 0 saturated heterocycles. The third kappa shape index (κ3) is 2.32. The third-order valence-electron chi connectivity index (χ3n) is 3.90. The minimum atomic E-state index is -0.108. The second kappa shape index (κ2) is 5.14. The molecule has 0 bridgehead atoms. The van der Waals surface area contributed by atoms with Gasteiger partial charge in [0.2, 0.25) is 0 Å². The van der Waals surface area contributed by atoms with E-state index in [1.54, 1.807) is 6.33 Å². The van der Waals surface area contributed by atoms with Gasteiger partial charge in [-0.1, -0.05) is 27.5 Å². The molecule has 1 unspecified atom stereocenters. The molecule has 1 atom stereocenters. The molecule has 0 aliphatic carbocycles. The number of amides is 1. The largest absolute Gasteiger partial charge is 0.350 e. The van der Waals surface area contributed by atoms with Crippen molar-refractivity contribution in [2.24, 2.45) is 0 Å². The molecule has 1 amide bonds. The van der Waals surface area contributed by atoms with E-state index in [0.29, 0.717) is 10.7 Å². The lowest BCUT2D eigenvalue weighted by Gasteiger charge is -2.10. The average Bonchev–Trinajstić information content (AvgIpc) is 3.11. The number of benzene rings is 1. The topological polar surface area (TPSA) is 62.7 Å². The number of imidazole rings is 1. The summed E-state index contributed by atoms with van der Waals surface area (Å²) < 4.78 is 2.93. The van der Waals surface area contributed by atoms with Crippen LogP contribution < -0.4 is 5.32 Å². The van der Waals surface area contributed by atoms with E-state index >= 15 is 0 Å². The fraction of sp³-hybridized carbons (Fsp3) is 0.200. The molecule has 1 aliphatic rings. The Kier molecular flexibility index (Phi) is 3.23. The van der Waals surface area contributed by atoms with Crippen LogP contribution in [0.3, 0.4) is 0 Å². The van der Waals surface area contributed by atoms with Crippen molar-refractivity contribution in [2.45, 2.75) is 19.0 Å². The van der Waals surface area contributed by atoms with Crippen LogP contribution in [0.15, 0.2) is 35.2 Å². The highest BCUT2D eigenvalue weighted by Gasteiger charge is 2.23. The Morgan fingerprint density at radius 2 is 2.32 bits per heavy atom. The zero-order chi connectivity index (χ0) is 15.3. The summed E-state index contributed by atoms with van der Waals surface area (Å²) >= 11 is 9.50. The summed E-state index contributed by atoms with van der Waals surface area (Å²) in [5.74, 6) is -0.108. The Hall–Kier alpha value is -1.79. The highest BCUT2D eigenvalue weighted by molar-refractivity contribution is 9.10. The molecule has 0 fully saturated rings. The summed E-state index contributed by atoms with van der Waals surface area (Å²) in [5.41, 5.74) is 2.52. The summed E-state index contributed by atoms with van der Waals surface area (Å²) in [6.07, 6.45) is 4.44. The van der Waals surface area contributed by atoms with Crippen LogP contribution in [0.5, 0.6) is 0 Å². The molecule has 2 aromatic heterocycles. The van der Waals surface area contributed by atoms with Gasteiger partial charge in [-0.3, -0.25) is 4.79 Å². The number of aromatic amines is 1. The van der Waals surface area contributed by atoms with Gasteiger partial charge in [0.25, 0.3) is 5.91 Å². The van der Waals surface area contributed by atoms with Crippen LogP contribution in [-0.2, 0) is 13.0 Å². The SMILES string of the molecule is O=C(NC1Cc2cncn2C1)c1cc2c(Br)cc(Cl)cc2[nH]1. The van der Waals surface area contributed by atoms with E-state index in [2.05, 4.69) is 35.8 Å². The zero-order valence-electron chi connectivity index (χ0n) is 11.4. The van der Waals surface area contributed by atoms with E-state index in [1.807, 2.05) is 24.4 Å². The first kappa shape index (κ1) is 13.8. The van der Waals surface area contributed by atoms with Gasteiger partial charge in [-0.2, -0.15) is 0 Å². The molecule has 0 radical (unpaired) electrons. The van der Waals surface area contributed by atoms with E-state index in [-0.39, 0.29) is 11.9 Å². The van der Waals surface area contributed by atoms with Crippen molar-refractivity contribution in [3.63, 3.8) is 0 Å². The smallest absolute Gasteiger partial charge is 0.268 e. The minimum absolute atomic E-state index is 0.101. The van der Waals surface area contributed by atoms with Gasteiger partial charge in [-0.25, -0.2) is 4.98 Å². The van der Waals surface area contributed by atoms with Gasteiger partial charge in [-0.05, 0) is 18.2 Å². The number of H-pyrrole nitrogens is 1. The number of aromatic nitrogens is 3. The summed E-state index contributed by atoms with van der Waals surface area (Å²) in [7, 11) is 0. The van der Waals surface area contributed by atoms with Crippen LogP contribution >= 0.6 is 27.5 Å². The first-order valence-corrected chi connectivity index (χ1v) is 8.05. The van der Waals surface area contributed by atoms with Crippen molar-refractivity contribution in [1.82, 2.24) is 19.9 Å². The number of halogens is 2. The molecule has 7 heteroatoms. The number of fused-ring (bicyclic) bond motifs is 2. The summed E-state index contributed by atoms with van der Waals surface area (Å²) in [5, 5.41) is 4.62. The van der Waals surface area contributed by atoms with Crippen molar-refractivity contribution in [3.8, 4) is 0 Å². The highest BCUT2D eigenvalue weighted by atomic mass is 79.9. The second-order valence-electron chi connectivity index (χ2n) is 5.44. The van der Waals surface area contributed by atoms with Gasteiger partial charge in [-0.15, -0.1) is 0 Å². The maximum absolute atomic E-state index is 12.4. The Balaban J connectivity index is 1.56. The maximum Gasteiger partial charge on any atom is 0.268 e. The first-order chi connectivity index (χ1) is 10.6. The molecule has 1 aromatic carbocycles. The predicted molar refractivity (Wildman–Crippen MR) is 88.2 cm³/mol. The molecule has 5 nitrogen and oxygen atoms in total. The number of hydrogen-bond acceptors (Lipinski definition) is 2. The van der Waals surface area contributed by atoms with Gasteiger partial charge >= 0.3 is 0 Å². The van der Waals surface area contributed by atoms with Crippen molar-refractivity contribution >= 4 is 44.3 Å². The number of hydrogen-bond donors (Lipinski definition) is 2. The summed E-state index contributed by atoms with van der Waals surface area (Å²) in [4.78, 5) is 19.6. The van der Waals surface area contributed by atoms with Crippen LogP contribution in [0.2, 0.25) is 5.02 Å². The quantitative estimate of drug-likeness (QED) is 0.718. The molecular weight excluding hydrogens is 368 g/mol. The van der Waals surface area contributed by atoms with Crippen LogP contribution in [0.25, 0.3) is 10.9 Å². The highest BCUT2D eigenvalue weighted by Crippen LogP contribution is 2.28. The Labute approximate surface area is 139 Å². The number of carbonyl (C=O) groups is 1.